The maximum atomic E-state index is 14.6. The molecule has 2 aromatic carbocycles. The third-order valence-corrected chi connectivity index (χ3v) is 5.67. The van der Waals surface area contributed by atoms with Crippen LogP contribution in [-0.2, 0) is 0 Å². The van der Waals surface area contributed by atoms with Gasteiger partial charge in [-0.05, 0) is 55.6 Å². The van der Waals surface area contributed by atoms with E-state index >= 15 is 0 Å². The quantitative estimate of drug-likeness (QED) is 0.695. The zero-order valence-electron chi connectivity index (χ0n) is 14.5. The van der Waals surface area contributed by atoms with Crippen LogP contribution in [0.25, 0.3) is 21.8 Å². The van der Waals surface area contributed by atoms with E-state index in [2.05, 4.69) is 22.0 Å². The van der Waals surface area contributed by atoms with Crippen LogP contribution in [0.5, 0.6) is 5.75 Å². The van der Waals surface area contributed by atoms with Crippen LogP contribution in [0.15, 0.2) is 53.9 Å². The lowest BCUT2D eigenvalue weighted by Crippen LogP contribution is -2.43. The van der Waals surface area contributed by atoms with Crippen molar-refractivity contribution in [2.24, 2.45) is 5.92 Å². The molecule has 0 spiro atoms. The van der Waals surface area contributed by atoms with Gasteiger partial charge in [-0.15, -0.1) is 12.4 Å². The van der Waals surface area contributed by atoms with Gasteiger partial charge in [-0.25, -0.2) is 4.39 Å². The number of H-pyrrole nitrogens is 1. The molecule has 3 fully saturated rings. The first kappa shape index (κ1) is 17.4. The van der Waals surface area contributed by atoms with Crippen LogP contribution in [0.1, 0.15) is 12.8 Å². The Morgan fingerprint density at radius 2 is 1.85 bits per heavy atom. The fourth-order valence-electron chi connectivity index (χ4n) is 4.28. The van der Waals surface area contributed by atoms with Crippen molar-refractivity contribution in [1.29, 1.82) is 0 Å². The Morgan fingerprint density at radius 3 is 2.62 bits per heavy atom. The number of aromatic amines is 1. The van der Waals surface area contributed by atoms with Crippen molar-refractivity contribution in [3.63, 3.8) is 0 Å². The van der Waals surface area contributed by atoms with E-state index in [0.29, 0.717) is 11.7 Å². The highest BCUT2D eigenvalue weighted by molar-refractivity contribution is 6.07. The highest BCUT2D eigenvalue weighted by Gasteiger charge is 2.31. The number of aromatic nitrogens is 1. The predicted octanol–water partition coefficient (Wildman–Crippen LogP) is 5.07. The fourth-order valence-corrected chi connectivity index (χ4v) is 4.28. The number of piperidine rings is 3. The number of rotatable bonds is 3. The number of para-hydroxylation sites is 1. The molecule has 3 nitrogen and oxygen atoms in total. The number of benzene rings is 2. The molecule has 0 saturated carbocycles. The largest absolute Gasteiger partial charge is 0.486 e. The van der Waals surface area contributed by atoms with Gasteiger partial charge < -0.3 is 9.72 Å². The van der Waals surface area contributed by atoms with Crippen molar-refractivity contribution in [2.45, 2.75) is 12.8 Å². The van der Waals surface area contributed by atoms with Crippen molar-refractivity contribution in [3.8, 4) is 5.75 Å². The van der Waals surface area contributed by atoms with Gasteiger partial charge in [-0.3, -0.25) is 4.90 Å². The van der Waals surface area contributed by atoms with E-state index in [0.717, 1.165) is 49.1 Å². The number of nitrogens with one attached hydrogen (secondary N) is 1. The van der Waals surface area contributed by atoms with Gasteiger partial charge in [0, 0.05) is 28.9 Å². The van der Waals surface area contributed by atoms with Crippen molar-refractivity contribution < 1.29 is 9.13 Å². The second-order valence-corrected chi connectivity index (χ2v) is 7.15. The van der Waals surface area contributed by atoms with E-state index in [-0.39, 0.29) is 24.8 Å². The number of halogens is 2. The summed E-state index contributed by atoms with van der Waals surface area (Å²) in [7, 11) is 0. The predicted molar refractivity (Wildman–Crippen MR) is 106 cm³/mol. The first-order chi connectivity index (χ1) is 12.3. The van der Waals surface area contributed by atoms with Crippen LogP contribution in [0, 0.1) is 5.92 Å². The van der Waals surface area contributed by atoms with E-state index in [4.69, 9.17) is 4.74 Å². The minimum absolute atomic E-state index is 0. The Kier molecular flexibility index (Phi) is 4.63. The summed E-state index contributed by atoms with van der Waals surface area (Å²) in [4.78, 5) is 5.74. The Bertz CT molecular complexity index is 972. The Morgan fingerprint density at radius 1 is 1.08 bits per heavy atom. The SMILES string of the molecule is Cl.F/C(COc1ccc2c(c1)[nH]c1ccccc12)=C1/CN2CCC1CC2. The third-order valence-electron chi connectivity index (χ3n) is 5.67. The average Bonchev–Trinajstić information content (AvgIpc) is 3.04. The van der Waals surface area contributed by atoms with Crippen molar-refractivity contribution >= 4 is 34.2 Å². The minimum atomic E-state index is -0.0776. The summed E-state index contributed by atoms with van der Waals surface area (Å²) in [5.41, 5.74) is 3.09. The fraction of sp³-hybridized carbons (Fsp3) is 0.333. The second-order valence-electron chi connectivity index (χ2n) is 7.15. The second kappa shape index (κ2) is 6.93. The van der Waals surface area contributed by atoms with Crippen LogP contribution in [0.3, 0.4) is 0 Å². The average molecular weight is 373 g/mol. The molecule has 0 unspecified atom stereocenters. The summed E-state index contributed by atoms with van der Waals surface area (Å²) in [6.45, 7) is 3.03. The maximum Gasteiger partial charge on any atom is 0.140 e. The van der Waals surface area contributed by atoms with E-state index < -0.39 is 0 Å². The first-order valence-corrected chi connectivity index (χ1v) is 9.01. The molecule has 4 heterocycles. The van der Waals surface area contributed by atoms with Gasteiger partial charge in [0.2, 0.25) is 0 Å². The first-order valence-electron chi connectivity index (χ1n) is 9.01. The number of fused-ring (bicyclic) bond motifs is 6. The van der Waals surface area contributed by atoms with Crippen molar-refractivity contribution in [2.75, 3.05) is 26.2 Å². The summed E-state index contributed by atoms with van der Waals surface area (Å²) in [5, 5.41) is 2.36. The standard InChI is InChI=1S/C21H21FN2O.ClH/c22-19(18-12-24-9-7-14(18)8-10-24)13-25-15-5-6-17-16-3-1-2-4-20(16)23-21(17)11-15;/h1-6,11,14,23H,7-10,12-13H2;1H/b19-18-;. The van der Waals surface area contributed by atoms with Crippen molar-refractivity contribution in [1.82, 2.24) is 9.88 Å². The maximum absolute atomic E-state index is 14.6. The summed E-state index contributed by atoms with van der Waals surface area (Å²) in [6, 6.07) is 14.2. The minimum Gasteiger partial charge on any atom is -0.486 e. The third kappa shape index (κ3) is 2.97. The summed E-state index contributed by atoms with van der Waals surface area (Å²) < 4.78 is 20.4. The molecule has 0 amide bonds. The molecule has 0 radical (unpaired) electrons. The van der Waals surface area contributed by atoms with Crippen LogP contribution in [0.2, 0.25) is 0 Å². The van der Waals surface area contributed by atoms with E-state index in [9.17, 15) is 4.39 Å². The normalized spacial score (nSPS) is 23.9. The molecule has 6 rings (SSSR count). The number of nitrogens with zero attached hydrogens (tertiary/aromatic N) is 1. The van der Waals surface area contributed by atoms with Crippen LogP contribution < -0.4 is 4.74 Å². The lowest BCUT2D eigenvalue weighted by atomic mass is 9.83. The molecular weight excluding hydrogens is 351 g/mol. The zero-order valence-corrected chi connectivity index (χ0v) is 15.3. The molecule has 26 heavy (non-hydrogen) atoms. The van der Waals surface area contributed by atoms with Gasteiger partial charge in [-0.2, -0.15) is 0 Å². The van der Waals surface area contributed by atoms with E-state index in [1.54, 1.807) is 0 Å². The summed E-state index contributed by atoms with van der Waals surface area (Å²) in [6.07, 6.45) is 2.17. The Hall–Kier alpha value is -2.04. The molecular formula is C21H22ClFN2O. The molecule has 1 aromatic heterocycles. The molecule has 3 aromatic rings. The highest BCUT2D eigenvalue weighted by atomic mass is 35.5. The van der Waals surface area contributed by atoms with Crippen molar-refractivity contribution in [3.05, 3.63) is 53.9 Å². The summed E-state index contributed by atoms with van der Waals surface area (Å²) in [5.74, 6) is 1.05. The molecule has 136 valence electrons. The van der Waals surface area contributed by atoms with E-state index in [1.807, 2.05) is 30.3 Å². The summed E-state index contributed by atoms with van der Waals surface area (Å²) >= 11 is 0. The number of ether oxygens (including phenoxy) is 1. The Labute approximate surface area is 158 Å². The smallest absolute Gasteiger partial charge is 0.140 e. The van der Waals surface area contributed by atoms with Gasteiger partial charge in [0.1, 0.15) is 18.2 Å². The van der Waals surface area contributed by atoms with Crippen LogP contribution in [0.4, 0.5) is 4.39 Å². The molecule has 3 saturated heterocycles. The molecule has 5 heteroatoms. The number of hydrogen-bond donors (Lipinski definition) is 1. The lowest BCUT2D eigenvalue weighted by molar-refractivity contribution is 0.154. The van der Waals surface area contributed by atoms with Gasteiger partial charge >= 0.3 is 0 Å². The lowest BCUT2D eigenvalue weighted by Gasteiger charge is -2.41. The van der Waals surface area contributed by atoms with Gasteiger partial charge in [0.15, 0.2) is 0 Å². The van der Waals surface area contributed by atoms with Crippen LogP contribution >= 0.6 is 12.4 Å². The van der Waals surface area contributed by atoms with Gasteiger partial charge in [0.25, 0.3) is 0 Å². The highest BCUT2D eigenvalue weighted by Crippen LogP contribution is 2.34. The monoisotopic (exact) mass is 372 g/mol. The van der Waals surface area contributed by atoms with Gasteiger partial charge in [0.05, 0.1) is 5.52 Å². The van der Waals surface area contributed by atoms with Gasteiger partial charge in [-0.1, -0.05) is 18.2 Å². The molecule has 3 aliphatic heterocycles. The number of hydrogen-bond acceptors (Lipinski definition) is 2. The zero-order chi connectivity index (χ0) is 16.8. The molecule has 2 bridgehead atoms. The Balaban J connectivity index is 0.00000168. The molecule has 0 aliphatic carbocycles. The molecule has 0 atom stereocenters. The van der Waals surface area contributed by atoms with Crippen LogP contribution in [-0.4, -0.2) is 36.1 Å². The topological polar surface area (TPSA) is 28.3 Å². The van der Waals surface area contributed by atoms with E-state index in [1.165, 1.54) is 10.8 Å². The molecule has 1 N–H and O–H groups in total. The molecule has 3 aliphatic rings.